The van der Waals surface area contributed by atoms with Crippen LogP contribution in [-0.2, 0) is 15.6 Å². The van der Waals surface area contributed by atoms with E-state index in [2.05, 4.69) is 0 Å². The van der Waals surface area contributed by atoms with E-state index in [4.69, 9.17) is 5.11 Å². The van der Waals surface area contributed by atoms with E-state index in [1.807, 2.05) is 6.07 Å². The van der Waals surface area contributed by atoms with Crippen molar-refractivity contribution in [2.24, 2.45) is 0 Å². The lowest BCUT2D eigenvalue weighted by molar-refractivity contribution is -0.142. The predicted molar refractivity (Wildman–Crippen MR) is 57.1 cm³/mol. The van der Waals surface area contributed by atoms with E-state index in [0.717, 1.165) is 6.42 Å². The fraction of sp³-hybridized carbons (Fsp3) is 0.364. The van der Waals surface area contributed by atoms with Crippen molar-refractivity contribution in [3.8, 4) is 0 Å². The van der Waals surface area contributed by atoms with E-state index in [0.29, 0.717) is 17.7 Å². The van der Waals surface area contributed by atoms with Crippen molar-refractivity contribution in [2.45, 2.75) is 28.9 Å². The van der Waals surface area contributed by atoms with Crippen molar-refractivity contribution < 1.29 is 14.1 Å². The molecule has 0 amide bonds. The molecule has 0 spiro atoms. The molecule has 1 atom stereocenters. The maximum Gasteiger partial charge on any atom is 0.322 e. The third-order valence-electron chi connectivity index (χ3n) is 2.86. The summed E-state index contributed by atoms with van der Waals surface area (Å²) in [6, 6.07) is 8.83. The lowest BCUT2D eigenvalue weighted by atomic mass is 9.84. The van der Waals surface area contributed by atoms with Crippen LogP contribution in [0.15, 0.2) is 35.2 Å². The van der Waals surface area contributed by atoms with Crippen molar-refractivity contribution in [1.29, 1.82) is 0 Å². The molecule has 3 nitrogen and oxygen atoms in total. The van der Waals surface area contributed by atoms with E-state index in [1.54, 1.807) is 24.3 Å². The molecule has 0 bridgehead atoms. The highest BCUT2D eigenvalue weighted by atomic mass is 32.2. The summed E-state index contributed by atoms with van der Waals surface area (Å²) in [5, 5.41) is 9.12. The average molecular weight is 224 g/mol. The summed E-state index contributed by atoms with van der Waals surface area (Å²) < 4.78 is 11.1. The molecule has 2 rings (SSSR count). The second-order valence-corrected chi connectivity index (χ2v) is 5.53. The van der Waals surface area contributed by atoms with Crippen molar-refractivity contribution in [3.05, 3.63) is 30.3 Å². The molecule has 0 heterocycles. The van der Waals surface area contributed by atoms with Gasteiger partial charge in [0.05, 0.1) is 10.8 Å². The minimum absolute atomic E-state index is 0.518. The lowest BCUT2D eigenvalue weighted by Gasteiger charge is -2.36. The van der Waals surface area contributed by atoms with Gasteiger partial charge in [0, 0.05) is 4.90 Å². The van der Waals surface area contributed by atoms with Crippen LogP contribution in [0, 0.1) is 0 Å². The second kappa shape index (κ2) is 3.77. The Hall–Kier alpha value is -1.16. The molecule has 1 N–H and O–H groups in total. The van der Waals surface area contributed by atoms with Crippen LogP contribution in [-0.4, -0.2) is 20.0 Å². The lowest BCUT2D eigenvalue weighted by Crippen LogP contribution is -2.49. The van der Waals surface area contributed by atoms with Crippen molar-refractivity contribution in [1.82, 2.24) is 0 Å². The van der Waals surface area contributed by atoms with Crippen LogP contribution < -0.4 is 0 Å². The molecule has 1 aromatic carbocycles. The zero-order valence-corrected chi connectivity index (χ0v) is 9.00. The summed E-state index contributed by atoms with van der Waals surface area (Å²) in [5.74, 6) is -0.934. The molecule has 80 valence electrons. The third-order valence-corrected chi connectivity index (χ3v) is 4.86. The smallest absolute Gasteiger partial charge is 0.322 e. The highest BCUT2D eigenvalue weighted by Gasteiger charge is 2.50. The maximum absolute atomic E-state index is 12.1. The Kier molecular flexibility index (Phi) is 2.61. The van der Waals surface area contributed by atoms with E-state index in [-0.39, 0.29) is 0 Å². The van der Waals surface area contributed by atoms with Crippen LogP contribution in [0.2, 0.25) is 0 Å². The highest BCUT2D eigenvalue weighted by Crippen LogP contribution is 2.40. The summed E-state index contributed by atoms with van der Waals surface area (Å²) in [5.41, 5.74) is 0. The first-order valence-electron chi connectivity index (χ1n) is 4.87. The first-order chi connectivity index (χ1) is 7.17. The van der Waals surface area contributed by atoms with Crippen LogP contribution >= 0.6 is 0 Å². The van der Waals surface area contributed by atoms with Crippen molar-refractivity contribution >= 4 is 16.8 Å². The molecule has 4 heteroatoms. The number of aliphatic carboxylic acids is 1. The van der Waals surface area contributed by atoms with Gasteiger partial charge in [0.15, 0.2) is 0 Å². The fourth-order valence-corrected chi connectivity index (χ4v) is 3.42. The van der Waals surface area contributed by atoms with Gasteiger partial charge in [-0.1, -0.05) is 18.2 Å². The van der Waals surface area contributed by atoms with Gasteiger partial charge in [-0.15, -0.1) is 0 Å². The standard InChI is InChI=1S/C11H12O3S/c12-10(13)11(7-4-8-11)15(14)9-5-2-1-3-6-9/h1-3,5-6H,4,7-8H2,(H,12,13). The van der Waals surface area contributed by atoms with Gasteiger partial charge >= 0.3 is 5.97 Å². The molecular weight excluding hydrogens is 212 g/mol. The van der Waals surface area contributed by atoms with E-state index >= 15 is 0 Å². The molecule has 15 heavy (non-hydrogen) atoms. The Bertz CT molecular complexity index is 396. The molecule has 0 radical (unpaired) electrons. The Morgan fingerprint density at radius 1 is 1.27 bits per heavy atom. The van der Waals surface area contributed by atoms with Crippen LogP contribution in [0.3, 0.4) is 0 Å². The molecule has 1 aliphatic rings. The molecule has 0 aromatic heterocycles. The first kappa shape index (κ1) is 10.4. The number of carbonyl (C=O) groups is 1. The van der Waals surface area contributed by atoms with E-state index in [9.17, 15) is 9.00 Å². The van der Waals surface area contributed by atoms with Crippen LogP contribution in [0.5, 0.6) is 0 Å². The van der Waals surface area contributed by atoms with Gasteiger partial charge in [0.2, 0.25) is 0 Å². The Morgan fingerprint density at radius 2 is 1.87 bits per heavy atom. The summed E-state index contributed by atoms with van der Waals surface area (Å²) in [6.07, 6.45) is 1.89. The zero-order valence-electron chi connectivity index (χ0n) is 8.18. The number of rotatable bonds is 3. The summed E-state index contributed by atoms with van der Waals surface area (Å²) in [4.78, 5) is 11.7. The van der Waals surface area contributed by atoms with Gasteiger partial charge in [0.1, 0.15) is 4.75 Å². The molecule has 0 aliphatic heterocycles. The Balaban J connectivity index is 2.32. The Morgan fingerprint density at radius 3 is 2.27 bits per heavy atom. The van der Waals surface area contributed by atoms with Crippen LogP contribution in [0.4, 0.5) is 0 Å². The van der Waals surface area contributed by atoms with Crippen LogP contribution in [0.1, 0.15) is 19.3 Å². The summed E-state index contributed by atoms with van der Waals surface area (Å²) in [7, 11) is -1.43. The minimum Gasteiger partial charge on any atom is -0.480 e. The number of carboxylic acid groups (broad SMARTS) is 1. The fourth-order valence-electron chi connectivity index (χ4n) is 1.75. The monoisotopic (exact) mass is 224 g/mol. The molecule has 1 fully saturated rings. The number of carboxylic acids is 1. The molecule has 1 aromatic rings. The topological polar surface area (TPSA) is 54.4 Å². The van der Waals surface area contributed by atoms with E-state index < -0.39 is 21.5 Å². The van der Waals surface area contributed by atoms with E-state index in [1.165, 1.54) is 0 Å². The van der Waals surface area contributed by atoms with Gasteiger partial charge in [-0.2, -0.15) is 0 Å². The normalized spacial score (nSPS) is 20.3. The van der Waals surface area contributed by atoms with Gasteiger partial charge in [-0.25, -0.2) is 0 Å². The maximum atomic E-state index is 12.1. The largest absolute Gasteiger partial charge is 0.480 e. The highest BCUT2D eigenvalue weighted by molar-refractivity contribution is 7.87. The molecule has 0 saturated heterocycles. The van der Waals surface area contributed by atoms with Gasteiger partial charge in [-0.05, 0) is 31.4 Å². The Labute approximate surface area is 90.6 Å². The molecule has 1 unspecified atom stereocenters. The SMILES string of the molecule is O=C(O)C1(S(=O)c2ccccc2)CCC1. The number of benzene rings is 1. The van der Waals surface area contributed by atoms with Crippen molar-refractivity contribution in [2.75, 3.05) is 0 Å². The summed E-state index contributed by atoms with van der Waals surface area (Å²) in [6.45, 7) is 0. The third kappa shape index (κ3) is 1.59. The second-order valence-electron chi connectivity index (χ2n) is 3.73. The predicted octanol–water partition coefficient (Wildman–Crippen LogP) is 1.80. The number of hydrogen-bond acceptors (Lipinski definition) is 2. The van der Waals surface area contributed by atoms with Crippen molar-refractivity contribution in [3.63, 3.8) is 0 Å². The molecule has 1 aliphatic carbocycles. The quantitative estimate of drug-likeness (QED) is 0.851. The summed E-state index contributed by atoms with van der Waals surface area (Å²) >= 11 is 0. The van der Waals surface area contributed by atoms with Gasteiger partial charge < -0.3 is 5.11 Å². The van der Waals surface area contributed by atoms with Gasteiger partial charge in [0.25, 0.3) is 0 Å². The zero-order chi connectivity index (χ0) is 10.9. The molecule has 1 saturated carbocycles. The molecular formula is C11H12O3S. The average Bonchev–Trinajstić information content (AvgIpc) is 2.16. The first-order valence-corrected chi connectivity index (χ1v) is 6.02. The number of hydrogen-bond donors (Lipinski definition) is 1. The van der Waals surface area contributed by atoms with Gasteiger partial charge in [-0.3, -0.25) is 9.00 Å². The minimum atomic E-state index is -1.43. The van der Waals surface area contributed by atoms with Crippen LogP contribution in [0.25, 0.3) is 0 Å².